The average molecular weight is 388 g/mol. The number of rotatable bonds is 6. The van der Waals surface area contributed by atoms with Gasteiger partial charge in [-0.25, -0.2) is 9.67 Å². The van der Waals surface area contributed by atoms with E-state index in [4.69, 9.17) is 0 Å². The molecule has 0 aliphatic rings. The van der Waals surface area contributed by atoms with Crippen LogP contribution in [0.5, 0.6) is 0 Å². The summed E-state index contributed by atoms with van der Waals surface area (Å²) in [6.07, 6.45) is 5.38. The quantitative estimate of drug-likeness (QED) is 0.551. The van der Waals surface area contributed by atoms with Crippen LogP contribution in [0.15, 0.2) is 55.0 Å². The van der Waals surface area contributed by atoms with Gasteiger partial charge < -0.3 is 5.32 Å². The third-order valence-corrected chi connectivity index (χ3v) is 4.86. The van der Waals surface area contributed by atoms with Crippen LogP contribution in [0.1, 0.15) is 18.2 Å². The molecule has 0 bridgehead atoms. The van der Waals surface area contributed by atoms with Crippen LogP contribution < -0.4 is 5.32 Å². The summed E-state index contributed by atoms with van der Waals surface area (Å²) in [6, 6.07) is 12.2. The number of pyridine rings is 1. The zero-order valence-electron chi connectivity index (χ0n) is 16.8. The molecule has 148 valence electrons. The van der Waals surface area contributed by atoms with E-state index < -0.39 is 0 Å². The molecule has 0 radical (unpaired) electrons. The number of fused-ring (bicyclic) bond motifs is 1. The number of aromatic nitrogens is 5. The molecule has 3 aromatic heterocycles. The number of hydrogen-bond acceptors (Lipinski definition) is 4. The highest BCUT2D eigenvalue weighted by Gasteiger charge is 2.17. The van der Waals surface area contributed by atoms with Crippen molar-refractivity contribution in [3.8, 4) is 11.1 Å². The lowest BCUT2D eigenvalue weighted by molar-refractivity contribution is -0.122. The summed E-state index contributed by atoms with van der Waals surface area (Å²) in [4.78, 5) is 17.1. The van der Waals surface area contributed by atoms with E-state index in [0.29, 0.717) is 6.54 Å². The number of aryl methyl sites for hydroxylation is 2. The van der Waals surface area contributed by atoms with Crippen LogP contribution in [0.4, 0.5) is 0 Å². The highest BCUT2D eigenvalue weighted by atomic mass is 16.2. The minimum Gasteiger partial charge on any atom is -0.350 e. The van der Waals surface area contributed by atoms with Crippen LogP contribution in [0.2, 0.25) is 0 Å². The number of carbonyl (C=O) groups excluding carboxylic acids is 1. The summed E-state index contributed by atoms with van der Waals surface area (Å²) < 4.78 is 3.48. The van der Waals surface area contributed by atoms with Crippen LogP contribution in [0, 0.1) is 13.8 Å². The second-order valence-electron chi connectivity index (χ2n) is 7.37. The van der Waals surface area contributed by atoms with Crippen LogP contribution in [-0.4, -0.2) is 36.5 Å². The highest BCUT2D eigenvalue weighted by molar-refractivity contribution is 5.95. The van der Waals surface area contributed by atoms with Crippen LogP contribution >= 0.6 is 0 Å². The molecule has 1 amide bonds. The molecule has 4 rings (SSSR count). The number of amides is 1. The second kappa shape index (κ2) is 7.87. The number of nitrogens with one attached hydrogen (secondary N) is 1. The highest BCUT2D eigenvalue weighted by Crippen LogP contribution is 2.30. The molecule has 0 saturated heterocycles. The Morgan fingerprint density at radius 3 is 2.79 bits per heavy atom. The fourth-order valence-electron chi connectivity index (χ4n) is 3.64. The number of nitrogens with zero attached hydrogens (tertiary/aromatic N) is 5. The van der Waals surface area contributed by atoms with Crippen molar-refractivity contribution in [2.75, 3.05) is 0 Å². The molecule has 7 nitrogen and oxygen atoms in total. The topological polar surface area (TPSA) is 77.6 Å². The Morgan fingerprint density at radius 1 is 1.17 bits per heavy atom. The molecule has 1 atom stereocenters. The maximum absolute atomic E-state index is 12.6. The van der Waals surface area contributed by atoms with E-state index in [1.54, 1.807) is 21.8 Å². The third-order valence-electron chi connectivity index (χ3n) is 4.86. The second-order valence-corrected chi connectivity index (χ2v) is 7.37. The van der Waals surface area contributed by atoms with Gasteiger partial charge in [-0.1, -0.05) is 29.8 Å². The third kappa shape index (κ3) is 4.03. The normalized spacial score (nSPS) is 12.2. The molecule has 0 saturated carbocycles. The summed E-state index contributed by atoms with van der Waals surface area (Å²) in [5.41, 5.74) is 4.98. The molecular formula is C22H24N6O. The van der Waals surface area contributed by atoms with E-state index in [1.807, 2.05) is 38.2 Å². The van der Waals surface area contributed by atoms with E-state index in [-0.39, 0.29) is 18.5 Å². The fraction of sp³-hybridized carbons (Fsp3) is 0.273. The molecule has 1 aromatic carbocycles. The predicted octanol–water partition coefficient (Wildman–Crippen LogP) is 3.12. The van der Waals surface area contributed by atoms with Crippen molar-refractivity contribution in [3.05, 3.63) is 66.2 Å². The van der Waals surface area contributed by atoms with Crippen LogP contribution in [0.3, 0.4) is 0 Å². The van der Waals surface area contributed by atoms with Gasteiger partial charge in [-0.3, -0.25) is 9.48 Å². The zero-order valence-corrected chi connectivity index (χ0v) is 16.8. The van der Waals surface area contributed by atoms with E-state index >= 15 is 0 Å². The van der Waals surface area contributed by atoms with Gasteiger partial charge >= 0.3 is 0 Å². The van der Waals surface area contributed by atoms with Gasteiger partial charge in [0, 0.05) is 30.0 Å². The van der Waals surface area contributed by atoms with Gasteiger partial charge in [0.05, 0.1) is 12.2 Å². The Labute approximate surface area is 169 Å². The van der Waals surface area contributed by atoms with E-state index in [1.165, 1.54) is 5.56 Å². The lowest BCUT2D eigenvalue weighted by Crippen LogP contribution is -2.38. The first kappa shape index (κ1) is 18.9. The monoisotopic (exact) mass is 388 g/mol. The molecule has 0 aliphatic carbocycles. The maximum atomic E-state index is 12.6. The van der Waals surface area contributed by atoms with Gasteiger partial charge in [-0.2, -0.15) is 10.2 Å². The first-order chi connectivity index (χ1) is 14.0. The van der Waals surface area contributed by atoms with Gasteiger partial charge in [0.15, 0.2) is 5.65 Å². The van der Waals surface area contributed by atoms with Gasteiger partial charge in [0.2, 0.25) is 5.91 Å². The summed E-state index contributed by atoms with van der Waals surface area (Å²) in [6.45, 7) is 6.73. The fourth-order valence-corrected chi connectivity index (χ4v) is 3.64. The molecule has 0 fully saturated rings. The number of carbonyl (C=O) groups is 1. The van der Waals surface area contributed by atoms with E-state index in [0.717, 1.165) is 27.9 Å². The lowest BCUT2D eigenvalue weighted by Gasteiger charge is -2.14. The predicted molar refractivity (Wildman–Crippen MR) is 112 cm³/mol. The van der Waals surface area contributed by atoms with Crippen molar-refractivity contribution in [3.63, 3.8) is 0 Å². The van der Waals surface area contributed by atoms with Gasteiger partial charge in [0.25, 0.3) is 0 Å². The number of benzene rings is 1. The molecule has 29 heavy (non-hydrogen) atoms. The van der Waals surface area contributed by atoms with Gasteiger partial charge in [-0.05, 0) is 44.0 Å². The van der Waals surface area contributed by atoms with Crippen molar-refractivity contribution in [2.24, 2.45) is 0 Å². The summed E-state index contributed by atoms with van der Waals surface area (Å²) in [5.74, 6) is -0.100. The molecular weight excluding hydrogens is 364 g/mol. The summed E-state index contributed by atoms with van der Waals surface area (Å²) in [7, 11) is 0. The Hall–Kier alpha value is -3.48. The molecule has 3 heterocycles. The van der Waals surface area contributed by atoms with E-state index in [9.17, 15) is 4.79 Å². The Kier molecular flexibility index (Phi) is 5.12. The molecule has 4 aromatic rings. The average Bonchev–Trinajstić information content (AvgIpc) is 3.30. The first-order valence-electron chi connectivity index (χ1n) is 9.67. The lowest BCUT2D eigenvalue weighted by atomic mass is 10.0. The standard InChI is InChI=1S/C22H24N6O/c1-15-6-4-7-18(12-15)19-8-10-23-22-21(19)17(3)26-28(22)14-20(29)25-16(2)13-27-11-5-9-24-27/h4-12,16H,13-14H2,1-3H3,(H,25,29). The maximum Gasteiger partial charge on any atom is 0.242 e. The molecule has 0 spiro atoms. The molecule has 1 unspecified atom stereocenters. The summed E-state index contributed by atoms with van der Waals surface area (Å²) in [5, 5.41) is 12.8. The minimum absolute atomic E-state index is 0.0406. The van der Waals surface area contributed by atoms with Crippen LogP contribution in [-0.2, 0) is 17.9 Å². The Bertz CT molecular complexity index is 1150. The van der Waals surface area contributed by atoms with Crippen molar-refractivity contribution in [1.29, 1.82) is 0 Å². The minimum atomic E-state index is -0.100. The van der Waals surface area contributed by atoms with Crippen molar-refractivity contribution >= 4 is 16.9 Å². The van der Waals surface area contributed by atoms with Crippen molar-refractivity contribution < 1.29 is 4.79 Å². The number of hydrogen-bond donors (Lipinski definition) is 1. The van der Waals surface area contributed by atoms with Gasteiger partial charge in [0.1, 0.15) is 6.54 Å². The Morgan fingerprint density at radius 2 is 2.03 bits per heavy atom. The smallest absolute Gasteiger partial charge is 0.242 e. The molecule has 1 N–H and O–H groups in total. The zero-order chi connectivity index (χ0) is 20.4. The van der Waals surface area contributed by atoms with Crippen molar-refractivity contribution in [1.82, 2.24) is 29.9 Å². The summed E-state index contributed by atoms with van der Waals surface area (Å²) >= 11 is 0. The molecule has 0 aliphatic heterocycles. The largest absolute Gasteiger partial charge is 0.350 e. The van der Waals surface area contributed by atoms with E-state index in [2.05, 4.69) is 45.6 Å². The van der Waals surface area contributed by atoms with Crippen LogP contribution in [0.25, 0.3) is 22.2 Å². The van der Waals surface area contributed by atoms with Gasteiger partial charge in [-0.15, -0.1) is 0 Å². The van der Waals surface area contributed by atoms with Crippen molar-refractivity contribution in [2.45, 2.75) is 39.9 Å². The Balaban J connectivity index is 1.57. The molecule has 7 heteroatoms. The first-order valence-corrected chi connectivity index (χ1v) is 9.67. The SMILES string of the molecule is Cc1cccc(-c2ccnc3c2c(C)nn3CC(=O)NC(C)Cn2cccn2)c1.